The fourth-order valence-corrected chi connectivity index (χ4v) is 3.44. The van der Waals surface area contributed by atoms with Crippen LogP contribution in [-0.2, 0) is 12.7 Å². The van der Waals surface area contributed by atoms with Crippen LogP contribution in [0.2, 0.25) is 0 Å². The fourth-order valence-electron chi connectivity index (χ4n) is 3.44. The largest absolute Gasteiger partial charge is 0.352 e. The summed E-state index contributed by atoms with van der Waals surface area (Å²) >= 11 is 0. The second-order valence-electron chi connectivity index (χ2n) is 6.63. The van der Waals surface area contributed by atoms with E-state index in [-0.39, 0.29) is 18.9 Å². The first-order valence-electron chi connectivity index (χ1n) is 8.60. The molecule has 0 aliphatic carbocycles. The van der Waals surface area contributed by atoms with E-state index in [4.69, 9.17) is 4.52 Å². The molecule has 0 bridgehead atoms. The number of rotatable bonds is 3. The van der Waals surface area contributed by atoms with Crippen LogP contribution in [0.5, 0.6) is 0 Å². The van der Waals surface area contributed by atoms with Crippen LogP contribution in [0.1, 0.15) is 12.3 Å². The van der Waals surface area contributed by atoms with Gasteiger partial charge in [0.2, 0.25) is 11.5 Å². The van der Waals surface area contributed by atoms with Crippen molar-refractivity contribution in [3.8, 4) is 11.4 Å². The Labute approximate surface area is 153 Å². The number of aromatic nitrogens is 6. The number of alkyl halides is 1. The molecule has 1 fully saturated rings. The normalized spacial score (nSPS) is 19.9. The van der Waals surface area contributed by atoms with Gasteiger partial charge < -0.3 is 9.42 Å². The quantitative estimate of drug-likeness (QED) is 0.551. The van der Waals surface area contributed by atoms with Crippen molar-refractivity contribution in [2.24, 2.45) is 7.05 Å². The molecule has 8 nitrogen and oxygen atoms in total. The number of fused-ring (bicyclic) bond motifs is 1. The van der Waals surface area contributed by atoms with Crippen molar-refractivity contribution in [3.05, 3.63) is 48.7 Å². The van der Waals surface area contributed by atoms with Gasteiger partial charge in [0, 0.05) is 25.6 Å². The highest BCUT2D eigenvalue weighted by atomic mass is 19.1. The van der Waals surface area contributed by atoms with Gasteiger partial charge in [-0.1, -0.05) is 35.5 Å². The monoisotopic (exact) mass is 365 g/mol. The summed E-state index contributed by atoms with van der Waals surface area (Å²) in [5.74, 6) is 1.05. The van der Waals surface area contributed by atoms with Gasteiger partial charge in [-0.15, -0.1) is 0 Å². The molecule has 1 aliphatic heterocycles. The molecular formula is C18H16FN7O. The minimum absolute atomic E-state index is 0.000315. The van der Waals surface area contributed by atoms with Gasteiger partial charge in [-0.05, 0) is 0 Å². The number of hydrogen-bond donors (Lipinski definition) is 0. The van der Waals surface area contributed by atoms with Gasteiger partial charge in [0.25, 0.3) is 5.89 Å². The number of halogens is 1. The summed E-state index contributed by atoms with van der Waals surface area (Å²) in [6.07, 6.45) is 3.41. The molecule has 9 heteroatoms. The second kappa shape index (κ2) is 5.83. The Morgan fingerprint density at radius 3 is 2.89 bits per heavy atom. The van der Waals surface area contributed by atoms with Gasteiger partial charge in [0.05, 0.1) is 18.1 Å². The van der Waals surface area contributed by atoms with Crippen LogP contribution in [0.4, 0.5) is 10.2 Å². The van der Waals surface area contributed by atoms with Crippen LogP contribution in [0.25, 0.3) is 22.4 Å². The molecule has 4 heterocycles. The van der Waals surface area contributed by atoms with Crippen molar-refractivity contribution in [1.82, 2.24) is 29.9 Å². The van der Waals surface area contributed by atoms with Gasteiger partial charge in [-0.25, -0.2) is 14.4 Å². The Balaban J connectivity index is 1.45. The van der Waals surface area contributed by atoms with Crippen molar-refractivity contribution < 1.29 is 8.91 Å². The second-order valence-corrected chi connectivity index (χ2v) is 6.63. The molecule has 0 N–H and O–H groups in total. The Morgan fingerprint density at radius 2 is 2.04 bits per heavy atom. The first-order valence-corrected chi connectivity index (χ1v) is 8.60. The first-order chi connectivity index (χ1) is 13.1. The molecule has 0 spiro atoms. The van der Waals surface area contributed by atoms with E-state index in [1.165, 1.54) is 6.33 Å². The van der Waals surface area contributed by atoms with Crippen LogP contribution >= 0.6 is 0 Å². The zero-order chi connectivity index (χ0) is 18.4. The highest BCUT2D eigenvalue weighted by molar-refractivity contribution is 5.86. The predicted molar refractivity (Wildman–Crippen MR) is 95.7 cm³/mol. The molecule has 1 saturated heterocycles. The lowest BCUT2D eigenvalue weighted by Crippen LogP contribution is -2.28. The highest BCUT2D eigenvalue weighted by Gasteiger charge is 2.46. The number of aryl methyl sites for hydroxylation is 1. The van der Waals surface area contributed by atoms with E-state index < -0.39 is 5.67 Å². The topological polar surface area (TPSA) is 85.8 Å². The molecule has 5 rings (SSSR count). The summed E-state index contributed by atoms with van der Waals surface area (Å²) in [5.41, 5.74) is -0.223. The smallest absolute Gasteiger partial charge is 0.266 e. The third-order valence-electron chi connectivity index (χ3n) is 4.87. The third-order valence-corrected chi connectivity index (χ3v) is 4.87. The number of benzene rings is 1. The van der Waals surface area contributed by atoms with E-state index in [1.54, 1.807) is 10.9 Å². The maximum Gasteiger partial charge on any atom is 0.266 e. The molecule has 1 aromatic carbocycles. The van der Waals surface area contributed by atoms with E-state index in [2.05, 4.69) is 25.2 Å². The molecule has 4 aromatic rings. The minimum Gasteiger partial charge on any atom is -0.352 e. The molecule has 1 aliphatic rings. The number of hydrogen-bond acceptors (Lipinski definition) is 7. The molecule has 0 amide bonds. The Bertz CT molecular complexity index is 1110. The lowest BCUT2D eigenvalue weighted by molar-refractivity contribution is 0.136. The van der Waals surface area contributed by atoms with Crippen LogP contribution in [-0.4, -0.2) is 43.0 Å². The van der Waals surface area contributed by atoms with Gasteiger partial charge >= 0.3 is 0 Å². The summed E-state index contributed by atoms with van der Waals surface area (Å²) in [6.45, 7) is 0.574. The van der Waals surface area contributed by atoms with E-state index in [1.807, 2.05) is 42.3 Å². The fraction of sp³-hybridized carbons (Fsp3) is 0.278. The maximum atomic E-state index is 15.6. The molecule has 27 heavy (non-hydrogen) atoms. The van der Waals surface area contributed by atoms with Crippen LogP contribution in [0, 0.1) is 0 Å². The Hall–Kier alpha value is -3.36. The van der Waals surface area contributed by atoms with Gasteiger partial charge in [-0.2, -0.15) is 10.1 Å². The molecule has 3 aromatic heterocycles. The molecule has 136 valence electrons. The summed E-state index contributed by atoms with van der Waals surface area (Å²) in [6, 6.07) is 9.38. The summed E-state index contributed by atoms with van der Waals surface area (Å²) in [4.78, 5) is 14.7. The highest BCUT2D eigenvalue weighted by Crippen LogP contribution is 2.38. The van der Waals surface area contributed by atoms with Crippen molar-refractivity contribution in [3.63, 3.8) is 0 Å². The standard InChI is InChI=1S/C18H16FN7O/c1-25-15-13(9-22-25)16(21-11-20-15)26-8-7-18(19,10-26)17-23-14(24-27-17)12-5-3-2-4-6-12/h2-6,9,11H,7-8,10H2,1H3. The minimum atomic E-state index is -1.72. The average Bonchev–Trinajstić information content (AvgIpc) is 3.42. The molecule has 0 radical (unpaired) electrons. The van der Waals surface area contributed by atoms with Crippen molar-refractivity contribution >= 4 is 16.9 Å². The summed E-state index contributed by atoms with van der Waals surface area (Å²) in [5, 5.41) is 8.95. The maximum absolute atomic E-state index is 15.6. The third kappa shape index (κ3) is 2.54. The molecule has 1 atom stereocenters. The van der Waals surface area contributed by atoms with E-state index in [0.717, 1.165) is 10.9 Å². The van der Waals surface area contributed by atoms with E-state index >= 15 is 4.39 Å². The lowest BCUT2D eigenvalue weighted by atomic mass is 10.1. The summed E-state index contributed by atoms with van der Waals surface area (Å²) < 4.78 is 22.6. The molecule has 1 unspecified atom stereocenters. The molecular weight excluding hydrogens is 349 g/mol. The van der Waals surface area contributed by atoms with Gasteiger partial charge in [0.1, 0.15) is 12.1 Å². The van der Waals surface area contributed by atoms with E-state index in [0.29, 0.717) is 23.8 Å². The first kappa shape index (κ1) is 15.9. The average molecular weight is 365 g/mol. The lowest BCUT2D eigenvalue weighted by Gasteiger charge is -2.19. The summed E-state index contributed by atoms with van der Waals surface area (Å²) in [7, 11) is 1.81. The van der Waals surface area contributed by atoms with Crippen LogP contribution in [0.3, 0.4) is 0 Å². The van der Waals surface area contributed by atoms with E-state index in [9.17, 15) is 0 Å². The van der Waals surface area contributed by atoms with Gasteiger partial charge in [0.15, 0.2) is 5.65 Å². The zero-order valence-corrected chi connectivity index (χ0v) is 14.6. The number of nitrogens with zero attached hydrogens (tertiary/aromatic N) is 7. The molecule has 0 saturated carbocycles. The van der Waals surface area contributed by atoms with Crippen LogP contribution in [0.15, 0.2) is 47.4 Å². The SMILES string of the molecule is Cn1ncc2c(N3CCC(F)(c4nc(-c5ccccc5)no4)C3)ncnc21. The zero-order valence-electron chi connectivity index (χ0n) is 14.6. The van der Waals surface area contributed by atoms with Crippen molar-refractivity contribution in [2.75, 3.05) is 18.0 Å². The predicted octanol–water partition coefficient (Wildman–Crippen LogP) is 2.49. The van der Waals surface area contributed by atoms with Gasteiger partial charge in [-0.3, -0.25) is 4.68 Å². The number of anilines is 1. The van der Waals surface area contributed by atoms with Crippen molar-refractivity contribution in [2.45, 2.75) is 12.1 Å². The van der Waals surface area contributed by atoms with Crippen LogP contribution < -0.4 is 4.90 Å². The Kier molecular flexibility index (Phi) is 3.43. The Morgan fingerprint density at radius 1 is 1.19 bits per heavy atom. The van der Waals surface area contributed by atoms with Crippen molar-refractivity contribution in [1.29, 1.82) is 0 Å².